The van der Waals surface area contributed by atoms with E-state index in [2.05, 4.69) is 58.8 Å². The minimum Gasteiger partial charge on any atom is -0.469 e. The van der Waals surface area contributed by atoms with Crippen molar-refractivity contribution in [3.05, 3.63) is 33.4 Å². The summed E-state index contributed by atoms with van der Waals surface area (Å²) in [7, 11) is 3.67. The lowest BCUT2D eigenvalue weighted by Crippen LogP contribution is -2.48. The van der Waals surface area contributed by atoms with Crippen LogP contribution in [0.15, 0.2) is 24.3 Å². The quantitative estimate of drug-likeness (QED) is 0.579. The second kappa shape index (κ2) is 5.64. The Morgan fingerprint density at radius 1 is 1.30 bits per heavy atom. The molecule has 0 N–H and O–H groups in total. The molecule has 2 aliphatic rings. The summed E-state index contributed by atoms with van der Waals surface area (Å²) >= 11 is 2.41. The lowest BCUT2D eigenvalue weighted by Gasteiger charge is -2.41. The maximum Gasteiger partial charge on any atom is 0.310 e. The number of fused-ring (bicyclic) bond motifs is 2. The molecular weight excluding hydrogens is 365 g/mol. The number of carbonyl (C=O) groups excluding carboxylic acids is 1. The minimum atomic E-state index is -0.0434. The lowest BCUT2D eigenvalue weighted by molar-refractivity contribution is -0.149. The van der Waals surface area contributed by atoms with Crippen molar-refractivity contribution in [3.63, 3.8) is 0 Å². The molecule has 2 bridgehead atoms. The highest BCUT2D eigenvalue weighted by atomic mass is 127. The fraction of sp³-hybridized carbons (Fsp3) is 0.562. The van der Waals surface area contributed by atoms with Gasteiger partial charge >= 0.3 is 5.97 Å². The van der Waals surface area contributed by atoms with Crippen LogP contribution in [0.4, 0.5) is 0 Å². The Kier molecular flexibility index (Phi) is 4.04. The number of hydrogen-bond donors (Lipinski definition) is 0. The van der Waals surface area contributed by atoms with E-state index in [1.165, 1.54) is 22.7 Å². The van der Waals surface area contributed by atoms with Crippen LogP contribution in [-0.4, -0.2) is 37.1 Å². The summed E-state index contributed by atoms with van der Waals surface area (Å²) in [6, 6.07) is 9.48. The summed E-state index contributed by atoms with van der Waals surface area (Å²) in [5.74, 6) is 0.416. The van der Waals surface area contributed by atoms with Crippen molar-refractivity contribution in [1.29, 1.82) is 0 Å². The van der Waals surface area contributed by atoms with Crippen LogP contribution in [0.3, 0.4) is 0 Å². The van der Waals surface area contributed by atoms with Crippen LogP contribution in [0, 0.1) is 9.49 Å². The fourth-order valence-electron chi connectivity index (χ4n) is 4.07. The highest BCUT2D eigenvalue weighted by Crippen LogP contribution is 2.47. The number of benzene rings is 1. The first-order valence-corrected chi connectivity index (χ1v) is 8.25. The molecule has 3 nitrogen and oxygen atoms in total. The number of halogens is 1. The number of piperidine rings is 1. The first-order chi connectivity index (χ1) is 9.63. The van der Waals surface area contributed by atoms with Gasteiger partial charge in [-0.05, 0) is 60.5 Å². The molecular formula is C16H20INO2. The zero-order valence-corrected chi connectivity index (χ0v) is 14.0. The molecule has 0 radical (unpaired) electrons. The van der Waals surface area contributed by atoms with Gasteiger partial charge in [0.15, 0.2) is 0 Å². The molecule has 108 valence electrons. The van der Waals surface area contributed by atoms with Crippen LogP contribution in [0.1, 0.15) is 30.7 Å². The molecule has 3 rings (SSSR count). The van der Waals surface area contributed by atoms with Gasteiger partial charge in [-0.15, -0.1) is 0 Å². The topological polar surface area (TPSA) is 29.5 Å². The van der Waals surface area contributed by atoms with Gasteiger partial charge in [-0.2, -0.15) is 0 Å². The normalized spacial score (nSPS) is 33.1. The highest BCUT2D eigenvalue weighted by molar-refractivity contribution is 14.1. The number of rotatable bonds is 2. The number of likely N-dealkylation sites (N-methyl/N-ethyl adjacent to an activating group) is 1. The van der Waals surface area contributed by atoms with Gasteiger partial charge in [0.25, 0.3) is 0 Å². The first-order valence-electron chi connectivity index (χ1n) is 7.17. The molecule has 4 heteroatoms. The van der Waals surface area contributed by atoms with Crippen molar-refractivity contribution < 1.29 is 9.53 Å². The van der Waals surface area contributed by atoms with Crippen LogP contribution in [0.2, 0.25) is 0 Å². The largest absolute Gasteiger partial charge is 0.469 e. The third-order valence-electron chi connectivity index (χ3n) is 5.05. The van der Waals surface area contributed by atoms with Gasteiger partial charge < -0.3 is 4.74 Å². The lowest BCUT2D eigenvalue weighted by atomic mass is 9.79. The number of carbonyl (C=O) groups is 1. The molecule has 20 heavy (non-hydrogen) atoms. The summed E-state index contributed by atoms with van der Waals surface area (Å²) in [6.07, 6.45) is 3.22. The summed E-state index contributed by atoms with van der Waals surface area (Å²) in [5.41, 5.74) is 1.39. The molecule has 0 saturated carbocycles. The molecule has 1 aromatic carbocycles. The maximum atomic E-state index is 12.1. The van der Waals surface area contributed by atoms with Crippen molar-refractivity contribution in [2.45, 2.75) is 37.3 Å². The fourth-order valence-corrected chi connectivity index (χ4v) is 4.85. The standard InChI is InChI=1S/C16H20INO2/c1-18-14-7-8-15(18)12(16(19)20-2)9-11(14)10-5-3-4-6-13(10)17/h3-6,11-12,14-15H,7-9H2,1-2H3/t11?,12-,14-,15+/m0/s1. The average molecular weight is 385 g/mol. The van der Waals surface area contributed by atoms with E-state index in [1.807, 2.05) is 0 Å². The zero-order valence-electron chi connectivity index (χ0n) is 11.9. The smallest absolute Gasteiger partial charge is 0.310 e. The Morgan fingerprint density at radius 2 is 2.00 bits per heavy atom. The molecule has 2 aliphatic heterocycles. The van der Waals surface area contributed by atoms with Crippen LogP contribution in [-0.2, 0) is 9.53 Å². The second-order valence-electron chi connectivity index (χ2n) is 5.87. The summed E-state index contributed by atoms with van der Waals surface area (Å²) in [4.78, 5) is 14.5. The predicted octanol–water partition coefficient (Wildman–Crippen LogP) is 3.03. The van der Waals surface area contributed by atoms with E-state index in [1.54, 1.807) is 0 Å². The van der Waals surface area contributed by atoms with E-state index >= 15 is 0 Å². The van der Waals surface area contributed by atoms with Gasteiger partial charge in [0, 0.05) is 21.6 Å². The van der Waals surface area contributed by atoms with Gasteiger partial charge in [0.1, 0.15) is 0 Å². The number of esters is 1. The molecule has 2 heterocycles. The van der Waals surface area contributed by atoms with Gasteiger partial charge in [-0.25, -0.2) is 0 Å². The Labute approximate surface area is 133 Å². The van der Waals surface area contributed by atoms with E-state index in [0.717, 1.165) is 12.8 Å². The summed E-state index contributed by atoms with van der Waals surface area (Å²) in [5, 5.41) is 0. The third-order valence-corrected chi connectivity index (χ3v) is 6.03. The highest BCUT2D eigenvalue weighted by Gasteiger charge is 2.49. The van der Waals surface area contributed by atoms with Crippen molar-refractivity contribution in [1.82, 2.24) is 4.90 Å². The van der Waals surface area contributed by atoms with Gasteiger partial charge in [0.05, 0.1) is 13.0 Å². The van der Waals surface area contributed by atoms with Crippen LogP contribution in [0.25, 0.3) is 0 Å². The Balaban J connectivity index is 1.95. The molecule has 2 fully saturated rings. The number of nitrogens with zero attached hydrogens (tertiary/aromatic N) is 1. The Bertz CT molecular complexity index is 519. The van der Waals surface area contributed by atoms with Gasteiger partial charge in [-0.1, -0.05) is 18.2 Å². The number of methoxy groups -OCH3 is 1. The molecule has 0 amide bonds. The summed E-state index contributed by atoms with van der Waals surface area (Å²) in [6.45, 7) is 0. The van der Waals surface area contributed by atoms with Crippen LogP contribution < -0.4 is 0 Å². The number of ether oxygens (including phenoxy) is 1. The summed E-state index contributed by atoms with van der Waals surface area (Å²) < 4.78 is 6.34. The third kappa shape index (κ3) is 2.26. The minimum absolute atomic E-state index is 0.0183. The molecule has 2 saturated heterocycles. The molecule has 0 aromatic heterocycles. The van der Waals surface area contributed by atoms with E-state index < -0.39 is 0 Å². The Hall–Kier alpha value is -0.620. The average Bonchev–Trinajstić information content (AvgIpc) is 2.72. The molecule has 1 unspecified atom stereocenters. The zero-order chi connectivity index (χ0) is 14.3. The van der Waals surface area contributed by atoms with Crippen molar-refractivity contribution >= 4 is 28.6 Å². The van der Waals surface area contributed by atoms with E-state index in [0.29, 0.717) is 18.0 Å². The Morgan fingerprint density at radius 3 is 2.70 bits per heavy atom. The van der Waals surface area contributed by atoms with E-state index in [9.17, 15) is 4.79 Å². The van der Waals surface area contributed by atoms with Crippen LogP contribution in [0.5, 0.6) is 0 Å². The first kappa shape index (κ1) is 14.3. The van der Waals surface area contributed by atoms with Crippen molar-refractivity contribution in [2.24, 2.45) is 5.92 Å². The molecule has 4 atom stereocenters. The van der Waals surface area contributed by atoms with E-state index in [4.69, 9.17) is 4.74 Å². The molecule has 0 spiro atoms. The monoisotopic (exact) mass is 385 g/mol. The predicted molar refractivity (Wildman–Crippen MR) is 86.6 cm³/mol. The van der Waals surface area contributed by atoms with Gasteiger partial charge in [-0.3, -0.25) is 9.69 Å². The van der Waals surface area contributed by atoms with Crippen LogP contribution >= 0.6 is 22.6 Å². The SMILES string of the molecule is COC(=O)[C@H]1CC(c2ccccc2I)[C@@H]2CC[C@H]1N2C. The maximum absolute atomic E-state index is 12.1. The number of hydrogen-bond acceptors (Lipinski definition) is 3. The van der Waals surface area contributed by atoms with Crippen molar-refractivity contribution in [2.75, 3.05) is 14.2 Å². The molecule has 1 aromatic rings. The van der Waals surface area contributed by atoms with Gasteiger partial charge in [0.2, 0.25) is 0 Å². The molecule has 0 aliphatic carbocycles. The second-order valence-corrected chi connectivity index (χ2v) is 7.03. The van der Waals surface area contributed by atoms with Crippen molar-refractivity contribution in [3.8, 4) is 0 Å². The van der Waals surface area contributed by atoms with E-state index in [-0.39, 0.29) is 11.9 Å².